The molecule has 16 heavy (non-hydrogen) atoms. The van der Waals surface area contributed by atoms with Crippen LogP contribution in [0, 0.1) is 13.8 Å². The van der Waals surface area contributed by atoms with Crippen molar-refractivity contribution >= 4 is 11.7 Å². The van der Waals surface area contributed by atoms with Gasteiger partial charge in [0, 0.05) is 19.8 Å². The summed E-state index contributed by atoms with van der Waals surface area (Å²) < 4.78 is 0. The van der Waals surface area contributed by atoms with Gasteiger partial charge in [-0.25, -0.2) is 4.79 Å². The highest BCUT2D eigenvalue weighted by atomic mass is 16.4. The smallest absolute Gasteiger partial charge is 0.337 e. The molecule has 0 heterocycles. The molecule has 0 aromatic heterocycles. The minimum Gasteiger partial charge on any atom is -0.479 e. The summed E-state index contributed by atoms with van der Waals surface area (Å²) in [4.78, 5) is 12.6. The molecule has 4 heteroatoms. The first kappa shape index (κ1) is 12.5. The van der Waals surface area contributed by atoms with Gasteiger partial charge in [-0.3, -0.25) is 0 Å². The Kier molecular flexibility index (Phi) is 3.55. The van der Waals surface area contributed by atoms with Crippen molar-refractivity contribution in [1.82, 2.24) is 0 Å². The summed E-state index contributed by atoms with van der Waals surface area (Å²) in [6.07, 6.45) is -1.46. The van der Waals surface area contributed by atoms with E-state index >= 15 is 0 Å². The van der Waals surface area contributed by atoms with E-state index in [-0.39, 0.29) is 0 Å². The van der Waals surface area contributed by atoms with Crippen molar-refractivity contribution in [3.8, 4) is 0 Å². The van der Waals surface area contributed by atoms with Gasteiger partial charge in [0.15, 0.2) is 6.10 Å². The Labute approximate surface area is 95.1 Å². The molecule has 0 saturated heterocycles. The number of aliphatic hydroxyl groups excluding tert-OH is 1. The molecule has 0 aliphatic carbocycles. The van der Waals surface area contributed by atoms with Crippen molar-refractivity contribution in [1.29, 1.82) is 0 Å². The summed E-state index contributed by atoms with van der Waals surface area (Å²) in [5, 5.41) is 18.3. The van der Waals surface area contributed by atoms with Gasteiger partial charge >= 0.3 is 5.97 Å². The lowest BCUT2D eigenvalue weighted by molar-refractivity contribution is -0.146. The third-order valence-electron chi connectivity index (χ3n) is 2.69. The van der Waals surface area contributed by atoms with Crippen molar-refractivity contribution in [2.24, 2.45) is 0 Å². The monoisotopic (exact) mass is 223 g/mol. The number of carboxylic acids is 1. The SMILES string of the molecule is Cc1cc(C(O)C(=O)O)cc(N(C)C)c1C. The number of rotatable bonds is 3. The minimum absolute atomic E-state index is 0.416. The average Bonchev–Trinajstić information content (AvgIpc) is 2.20. The summed E-state index contributed by atoms with van der Waals surface area (Å²) in [6.45, 7) is 3.88. The Morgan fingerprint density at radius 2 is 1.88 bits per heavy atom. The van der Waals surface area contributed by atoms with E-state index in [4.69, 9.17) is 5.11 Å². The third-order valence-corrected chi connectivity index (χ3v) is 2.69. The van der Waals surface area contributed by atoms with Crippen LogP contribution in [0.1, 0.15) is 22.8 Å². The second kappa shape index (κ2) is 4.53. The fourth-order valence-electron chi connectivity index (χ4n) is 1.63. The van der Waals surface area contributed by atoms with E-state index in [1.807, 2.05) is 32.8 Å². The van der Waals surface area contributed by atoms with E-state index in [1.165, 1.54) is 0 Å². The summed E-state index contributed by atoms with van der Waals surface area (Å²) in [7, 11) is 3.78. The Morgan fingerprint density at radius 1 is 1.31 bits per heavy atom. The van der Waals surface area contributed by atoms with Crippen LogP contribution in [0.15, 0.2) is 12.1 Å². The van der Waals surface area contributed by atoms with Crippen LogP contribution in [-0.2, 0) is 4.79 Å². The van der Waals surface area contributed by atoms with Gasteiger partial charge in [-0.15, -0.1) is 0 Å². The van der Waals surface area contributed by atoms with Crippen LogP contribution in [0.3, 0.4) is 0 Å². The van der Waals surface area contributed by atoms with Crippen LogP contribution in [0.5, 0.6) is 0 Å². The first-order valence-corrected chi connectivity index (χ1v) is 5.04. The number of aryl methyl sites for hydroxylation is 1. The third kappa shape index (κ3) is 2.33. The van der Waals surface area contributed by atoms with Crippen molar-refractivity contribution in [2.75, 3.05) is 19.0 Å². The highest BCUT2D eigenvalue weighted by Gasteiger charge is 2.18. The number of carboxylic acid groups (broad SMARTS) is 1. The molecule has 0 amide bonds. The zero-order valence-corrected chi connectivity index (χ0v) is 9.98. The zero-order valence-electron chi connectivity index (χ0n) is 9.98. The normalized spacial score (nSPS) is 12.3. The number of aliphatic carboxylic acids is 1. The average molecular weight is 223 g/mol. The van der Waals surface area contributed by atoms with E-state index in [0.29, 0.717) is 5.56 Å². The number of hydrogen-bond donors (Lipinski definition) is 2. The van der Waals surface area contributed by atoms with Crippen LogP contribution < -0.4 is 4.90 Å². The van der Waals surface area contributed by atoms with E-state index in [1.54, 1.807) is 12.1 Å². The molecule has 0 aliphatic heterocycles. The lowest BCUT2D eigenvalue weighted by Crippen LogP contribution is -2.15. The molecule has 0 radical (unpaired) electrons. The Bertz CT molecular complexity index is 413. The molecule has 1 rings (SSSR count). The number of nitrogens with zero attached hydrogens (tertiary/aromatic N) is 1. The predicted octanol–water partition coefficient (Wildman–Crippen LogP) is 1.49. The van der Waals surface area contributed by atoms with E-state index < -0.39 is 12.1 Å². The van der Waals surface area contributed by atoms with Gasteiger partial charge in [-0.2, -0.15) is 0 Å². The molecule has 0 saturated carbocycles. The number of carbonyl (C=O) groups is 1. The Morgan fingerprint density at radius 3 is 2.31 bits per heavy atom. The fraction of sp³-hybridized carbons (Fsp3) is 0.417. The van der Waals surface area contributed by atoms with Gasteiger partial charge in [0.2, 0.25) is 0 Å². The van der Waals surface area contributed by atoms with Crippen LogP contribution in [-0.4, -0.2) is 30.3 Å². The molecule has 1 aromatic rings. The molecule has 0 aliphatic rings. The maximum atomic E-state index is 10.7. The molecule has 1 aromatic carbocycles. The molecule has 0 bridgehead atoms. The molecule has 1 unspecified atom stereocenters. The van der Waals surface area contributed by atoms with Gasteiger partial charge in [-0.1, -0.05) is 6.07 Å². The van der Waals surface area contributed by atoms with E-state index in [2.05, 4.69) is 0 Å². The lowest BCUT2D eigenvalue weighted by Gasteiger charge is -2.19. The van der Waals surface area contributed by atoms with Gasteiger partial charge in [0.25, 0.3) is 0 Å². The lowest BCUT2D eigenvalue weighted by atomic mass is 10.00. The molecule has 1 atom stereocenters. The topological polar surface area (TPSA) is 60.8 Å². The number of benzene rings is 1. The second-order valence-electron chi connectivity index (χ2n) is 4.12. The molecular formula is C12H17NO3. The van der Waals surface area contributed by atoms with Crippen LogP contribution in [0.2, 0.25) is 0 Å². The summed E-state index contributed by atoms with van der Waals surface area (Å²) in [6, 6.07) is 3.42. The Hall–Kier alpha value is -1.55. The highest BCUT2D eigenvalue weighted by Crippen LogP contribution is 2.26. The van der Waals surface area contributed by atoms with Crippen LogP contribution in [0.4, 0.5) is 5.69 Å². The first-order valence-electron chi connectivity index (χ1n) is 5.04. The molecule has 2 N–H and O–H groups in total. The van der Waals surface area contributed by atoms with Crippen molar-refractivity contribution in [3.05, 3.63) is 28.8 Å². The molecule has 0 fully saturated rings. The van der Waals surface area contributed by atoms with Crippen LogP contribution in [0.25, 0.3) is 0 Å². The van der Waals surface area contributed by atoms with Gasteiger partial charge < -0.3 is 15.1 Å². The van der Waals surface area contributed by atoms with Gasteiger partial charge in [-0.05, 0) is 36.6 Å². The van der Waals surface area contributed by atoms with Gasteiger partial charge in [0.1, 0.15) is 0 Å². The van der Waals surface area contributed by atoms with Crippen molar-refractivity contribution < 1.29 is 15.0 Å². The van der Waals surface area contributed by atoms with Gasteiger partial charge in [0.05, 0.1) is 0 Å². The van der Waals surface area contributed by atoms with Crippen LogP contribution >= 0.6 is 0 Å². The zero-order chi connectivity index (χ0) is 12.5. The second-order valence-corrected chi connectivity index (χ2v) is 4.12. The number of aliphatic hydroxyl groups is 1. The fourth-order valence-corrected chi connectivity index (χ4v) is 1.63. The maximum absolute atomic E-state index is 10.7. The standard InChI is InChI=1S/C12H17NO3/c1-7-5-9(11(14)12(15)16)6-10(8(7)2)13(3)4/h5-6,11,14H,1-4H3,(H,15,16). The first-order chi connectivity index (χ1) is 7.34. The van der Waals surface area contributed by atoms with Crippen molar-refractivity contribution in [2.45, 2.75) is 20.0 Å². The predicted molar refractivity (Wildman–Crippen MR) is 62.8 cm³/mol. The number of hydrogen-bond acceptors (Lipinski definition) is 3. The highest BCUT2D eigenvalue weighted by molar-refractivity contribution is 5.75. The molecule has 4 nitrogen and oxygen atoms in total. The molecule has 0 spiro atoms. The number of anilines is 1. The summed E-state index contributed by atoms with van der Waals surface area (Å²) in [5.41, 5.74) is 3.41. The Balaban J connectivity index is 3.29. The maximum Gasteiger partial charge on any atom is 0.337 e. The quantitative estimate of drug-likeness (QED) is 0.815. The summed E-state index contributed by atoms with van der Waals surface area (Å²) >= 11 is 0. The molecular weight excluding hydrogens is 206 g/mol. The van der Waals surface area contributed by atoms with E-state index in [9.17, 15) is 9.90 Å². The minimum atomic E-state index is -1.46. The summed E-state index contributed by atoms with van der Waals surface area (Å²) in [5.74, 6) is -1.23. The molecule has 88 valence electrons. The van der Waals surface area contributed by atoms with E-state index in [0.717, 1.165) is 16.8 Å². The van der Waals surface area contributed by atoms with Crippen molar-refractivity contribution in [3.63, 3.8) is 0 Å². The largest absolute Gasteiger partial charge is 0.479 e.